The summed E-state index contributed by atoms with van der Waals surface area (Å²) in [5, 5.41) is 1.01. The Bertz CT molecular complexity index is 697. The third-order valence-corrected chi connectivity index (χ3v) is 7.09. The molecule has 0 unspecified atom stereocenters. The summed E-state index contributed by atoms with van der Waals surface area (Å²) < 4.78 is 0. The first-order chi connectivity index (χ1) is 12.0. The minimum Gasteiger partial charge on any atom is -0.342 e. The van der Waals surface area contributed by atoms with E-state index in [1.165, 1.54) is 12.8 Å². The highest BCUT2D eigenvalue weighted by atomic mass is 32.1. The van der Waals surface area contributed by atoms with Crippen LogP contribution in [-0.4, -0.2) is 52.8 Å². The molecule has 0 N–H and O–H groups in total. The maximum absolute atomic E-state index is 13.1. The van der Waals surface area contributed by atoms with E-state index < -0.39 is 0 Å². The van der Waals surface area contributed by atoms with Gasteiger partial charge < -0.3 is 9.80 Å². The van der Waals surface area contributed by atoms with Crippen molar-refractivity contribution in [2.24, 2.45) is 11.3 Å². The van der Waals surface area contributed by atoms with E-state index in [-0.39, 0.29) is 11.3 Å². The minimum atomic E-state index is -0.304. The van der Waals surface area contributed by atoms with Crippen LogP contribution in [0.1, 0.15) is 47.7 Å². The van der Waals surface area contributed by atoms with Gasteiger partial charge in [-0.25, -0.2) is 4.98 Å². The van der Waals surface area contributed by atoms with Gasteiger partial charge in [-0.3, -0.25) is 9.59 Å². The first kappa shape index (κ1) is 17.0. The number of carbonyl (C=O) groups is 2. The molecular weight excluding hydrogens is 334 g/mol. The Hall–Kier alpha value is -1.43. The second-order valence-corrected chi connectivity index (χ2v) is 9.35. The molecule has 2 saturated heterocycles. The highest BCUT2D eigenvalue weighted by Crippen LogP contribution is 2.42. The molecule has 1 atom stereocenters. The molecule has 1 spiro atoms. The number of aryl methyl sites for hydroxylation is 2. The number of nitrogens with zero attached hydrogens (tertiary/aromatic N) is 3. The van der Waals surface area contributed by atoms with E-state index >= 15 is 0 Å². The third-order valence-electron chi connectivity index (χ3n) is 6.02. The highest BCUT2D eigenvalue weighted by molar-refractivity contribution is 7.11. The molecule has 2 aliphatic heterocycles. The molecule has 1 aliphatic carbocycles. The van der Waals surface area contributed by atoms with E-state index in [0.29, 0.717) is 18.9 Å². The average molecular weight is 362 g/mol. The SMILES string of the molecule is Cc1nc(C)c(CC(=O)N2CC[C@@]3(CCCN(CC4CC4)C3=O)C2)s1. The zero-order valence-electron chi connectivity index (χ0n) is 15.2. The standard InChI is InChI=1S/C19H27N3O2S/c1-13-16(25-14(2)20-13)10-17(23)22-9-7-19(12-22)6-3-8-21(18(19)24)11-15-4-5-15/h15H,3-12H2,1-2H3/t19-/m0/s1. The zero-order chi connectivity index (χ0) is 17.6. The normalized spacial score (nSPS) is 26.7. The van der Waals surface area contributed by atoms with Crippen LogP contribution < -0.4 is 0 Å². The fraction of sp³-hybridized carbons (Fsp3) is 0.737. The van der Waals surface area contributed by atoms with Crippen molar-refractivity contribution in [2.75, 3.05) is 26.2 Å². The molecule has 3 aliphatic rings. The van der Waals surface area contributed by atoms with Crippen molar-refractivity contribution in [3.8, 4) is 0 Å². The number of amides is 2. The van der Waals surface area contributed by atoms with Crippen LogP contribution in [0.5, 0.6) is 0 Å². The predicted molar refractivity (Wildman–Crippen MR) is 97.5 cm³/mol. The summed E-state index contributed by atoms with van der Waals surface area (Å²) in [6.07, 6.45) is 5.82. The number of aromatic nitrogens is 1. The van der Waals surface area contributed by atoms with Crippen LogP contribution in [0.3, 0.4) is 0 Å². The smallest absolute Gasteiger partial charge is 0.230 e. The molecule has 0 bridgehead atoms. The Labute approximate surface area is 153 Å². The van der Waals surface area contributed by atoms with Crippen LogP contribution in [0.25, 0.3) is 0 Å². The quantitative estimate of drug-likeness (QED) is 0.828. The van der Waals surface area contributed by atoms with E-state index in [1.807, 2.05) is 18.7 Å². The van der Waals surface area contributed by atoms with Crippen molar-refractivity contribution in [2.45, 2.75) is 52.4 Å². The Morgan fingerprint density at radius 3 is 2.76 bits per heavy atom. The van der Waals surface area contributed by atoms with E-state index in [9.17, 15) is 9.59 Å². The van der Waals surface area contributed by atoms with Crippen molar-refractivity contribution in [1.82, 2.24) is 14.8 Å². The second-order valence-electron chi connectivity index (χ2n) is 8.06. The summed E-state index contributed by atoms with van der Waals surface area (Å²) in [5.74, 6) is 1.19. The Balaban J connectivity index is 1.41. The topological polar surface area (TPSA) is 53.5 Å². The van der Waals surface area contributed by atoms with Gasteiger partial charge in [0.1, 0.15) is 0 Å². The monoisotopic (exact) mass is 361 g/mol. The lowest BCUT2D eigenvalue weighted by Gasteiger charge is -2.39. The number of hydrogen-bond acceptors (Lipinski definition) is 4. The summed E-state index contributed by atoms with van der Waals surface area (Å²) in [4.78, 5) is 35.3. The summed E-state index contributed by atoms with van der Waals surface area (Å²) in [6, 6.07) is 0. The molecule has 2 amide bonds. The van der Waals surface area contributed by atoms with Crippen molar-refractivity contribution < 1.29 is 9.59 Å². The minimum absolute atomic E-state index is 0.149. The Morgan fingerprint density at radius 2 is 2.08 bits per heavy atom. The van der Waals surface area contributed by atoms with Gasteiger partial charge in [0.15, 0.2) is 0 Å². The lowest BCUT2D eigenvalue weighted by Crippen LogP contribution is -2.51. The number of hydrogen-bond donors (Lipinski definition) is 0. The fourth-order valence-electron chi connectivity index (χ4n) is 4.39. The summed E-state index contributed by atoms with van der Waals surface area (Å²) >= 11 is 1.61. The molecule has 136 valence electrons. The molecular formula is C19H27N3O2S. The lowest BCUT2D eigenvalue weighted by atomic mass is 9.78. The average Bonchev–Trinajstić information content (AvgIpc) is 3.19. The van der Waals surface area contributed by atoms with Crippen LogP contribution in [0, 0.1) is 25.2 Å². The van der Waals surface area contributed by atoms with Crippen LogP contribution >= 0.6 is 11.3 Å². The molecule has 5 nitrogen and oxygen atoms in total. The van der Waals surface area contributed by atoms with Crippen LogP contribution in [-0.2, 0) is 16.0 Å². The van der Waals surface area contributed by atoms with E-state index in [2.05, 4.69) is 9.88 Å². The van der Waals surface area contributed by atoms with Gasteiger partial charge in [0.25, 0.3) is 0 Å². The molecule has 3 fully saturated rings. The molecule has 3 heterocycles. The van der Waals surface area contributed by atoms with E-state index in [4.69, 9.17) is 0 Å². The molecule has 4 rings (SSSR count). The number of likely N-dealkylation sites (tertiary alicyclic amines) is 2. The maximum atomic E-state index is 13.1. The van der Waals surface area contributed by atoms with Gasteiger partial charge in [-0.15, -0.1) is 11.3 Å². The molecule has 25 heavy (non-hydrogen) atoms. The van der Waals surface area contributed by atoms with Crippen LogP contribution in [0.15, 0.2) is 0 Å². The van der Waals surface area contributed by atoms with Crippen LogP contribution in [0.4, 0.5) is 0 Å². The largest absolute Gasteiger partial charge is 0.342 e. The van der Waals surface area contributed by atoms with Gasteiger partial charge in [-0.1, -0.05) is 0 Å². The first-order valence-corrected chi connectivity index (χ1v) is 10.3. The Morgan fingerprint density at radius 1 is 1.28 bits per heavy atom. The van der Waals surface area contributed by atoms with Gasteiger partial charge in [-0.2, -0.15) is 0 Å². The maximum Gasteiger partial charge on any atom is 0.230 e. The van der Waals surface area contributed by atoms with Gasteiger partial charge in [0.2, 0.25) is 11.8 Å². The third kappa shape index (κ3) is 3.33. The predicted octanol–water partition coefficient (Wildman–Crippen LogP) is 2.55. The lowest BCUT2D eigenvalue weighted by molar-refractivity contribution is -0.146. The number of carbonyl (C=O) groups excluding carboxylic acids is 2. The van der Waals surface area contributed by atoms with Crippen LogP contribution in [0.2, 0.25) is 0 Å². The fourth-order valence-corrected chi connectivity index (χ4v) is 5.32. The van der Waals surface area contributed by atoms with Gasteiger partial charge in [0, 0.05) is 31.1 Å². The molecule has 6 heteroatoms. The number of piperidine rings is 1. The highest BCUT2D eigenvalue weighted by Gasteiger charge is 2.49. The van der Waals surface area contributed by atoms with Crippen molar-refractivity contribution in [3.63, 3.8) is 0 Å². The van der Waals surface area contributed by atoms with Crippen molar-refractivity contribution in [1.29, 1.82) is 0 Å². The van der Waals surface area contributed by atoms with Gasteiger partial charge in [-0.05, 0) is 51.9 Å². The molecule has 1 aromatic heterocycles. The second kappa shape index (κ2) is 6.38. The zero-order valence-corrected chi connectivity index (χ0v) is 16.0. The van der Waals surface area contributed by atoms with Gasteiger partial charge in [0.05, 0.1) is 22.5 Å². The molecule has 1 saturated carbocycles. The molecule has 0 aromatic carbocycles. The number of rotatable bonds is 4. The van der Waals surface area contributed by atoms with Gasteiger partial charge >= 0.3 is 0 Å². The first-order valence-electron chi connectivity index (χ1n) is 9.47. The Kier molecular flexibility index (Phi) is 4.34. The number of thiazole rings is 1. The molecule has 1 aromatic rings. The van der Waals surface area contributed by atoms with E-state index in [0.717, 1.165) is 60.4 Å². The van der Waals surface area contributed by atoms with E-state index in [1.54, 1.807) is 11.3 Å². The van der Waals surface area contributed by atoms with Crippen molar-refractivity contribution >= 4 is 23.2 Å². The molecule has 0 radical (unpaired) electrons. The summed E-state index contributed by atoms with van der Waals surface area (Å²) in [6.45, 7) is 7.13. The summed E-state index contributed by atoms with van der Waals surface area (Å²) in [7, 11) is 0. The summed E-state index contributed by atoms with van der Waals surface area (Å²) in [5.41, 5.74) is 0.663. The van der Waals surface area contributed by atoms with Crippen molar-refractivity contribution in [3.05, 3.63) is 15.6 Å².